The number of hydrogen-bond donors (Lipinski definition) is 1. The third-order valence-electron chi connectivity index (χ3n) is 3.63. The van der Waals surface area contributed by atoms with Gasteiger partial charge in [-0.25, -0.2) is 0 Å². The van der Waals surface area contributed by atoms with Crippen LogP contribution in [-0.2, 0) is 6.54 Å². The Balaban J connectivity index is 1.83. The molecule has 1 aliphatic rings. The van der Waals surface area contributed by atoms with Gasteiger partial charge in [-0.2, -0.15) is 0 Å². The molecule has 1 aromatic rings. The zero-order valence-corrected chi connectivity index (χ0v) is 10.5. The summed E-state index contributed by atoms with van der Waals surface area (Å²) in [5.74, 6) is 0.290. The van der Waals surface area contributed by atoms with Gasteiger partial charge in [-0.05, 0) is 12.0 Å². The number of hydrogen-bond acceptors (Lipinski definition) is 3. The molecule has 0 unspecified atom stereocenters. The second kappa shape index (κ2) is 4.63. The van der Waals surface area contributed by atoms with Crippen LogP contribution in [0.15, 0.2) is 29.2 Å². The van der Waals surface area contributed by atoms with E-state index in [0.29, 0.717) is 19.6 Å². The molecule has 0 amide bonds. The molecular weight excluding hydrogens is 216 g/mol. The topological polar surface area (TPSA) is 45.5 Å². The lowest BCUT2D eigenvalue weighted by molar-refractivity contribution is -0.128. The average Bonchev–Trinajstić information content (AvgIpc) is 2.24. The monoisotopic (exact) mass is 236 g/mol. The minimum absolute atomic E-state index is 0.0344. The van der Waals surface area contributed by atoms with Gasteiger partial charge in [-0.1, -0.05) is 19.9 Å². The van der Waals surface area contributed by atoms with Gasteiger partial charge in [0.15, 0.2) is 0 Å². The second-order valence-electron chi connectivity index (χ2n) is 5.20. The van der Waals surface area contributed by atoms with Crippen LogP contribution < -0.4 is 5.56 Å². The second-order valence-corrected chi connectivity index (χ2v) is 5.20. The highest BCUT2D eigenvalue weighted by Crippen LogP contribution is 2.27. The predicted molar refractivity (Wildman–Crippen MR) is 66.9 cm³/mol. The predicted octanol–water partition coefficient (Wildman–Crippen LogP) is 0.551. The summed E-state index contributed by atoms with van der Waals surface area (Å²) in [6.07, 6.45) is 1.80. The molecule has 4 nitrogen and oxygen atoms in total. The molecule has 0 atom stereocenters. The number of aliphatic hydroxyl groups is 1. The van der Waals surface area contributed by atoms with Crippen molar-refractivity contribution in [3.05, 3.63) is 34.7 Å². The summed E-state index contributed by atoms with van der Waals surface area (Å²) in [5, 5.41) is 10.1. The lowest BCUT2D eigenvalue weighted by atomic mass is 9.83. The van der Waals surface area contributed by atoms with Crippen molar-refractivity contribution < 1.29 is 5.11 Å². The van der Waals surface area contributed by atoms with E-state index in [9.17, 15) is 9.90 Å². The molecule has 4 heteroatoms. The molecule has 0 aliphatic carbocycles. The Morgan fingerprint density at radius 3 is 2.65 bits per heavy atom. The average molecular weight is 236 g/mol. The smallest absolute Gasteiger partial charge is 0.250 e. The van der Waals surface area contributed by atoms with Crippen molar-refractivity contribution in [1.29, 1.82) is 0 Å². The SMILES string of the molecule is CC(C)C1(O)CN(CCn2ccccc2=O)C1. The summed E-state index contributed by atoms with van der Waals surface area (Å²) >= 11 is 0. The van der Waals surface area contributed by atoms with Gasteiger partial charge < -0.3 is 9.67 Å². The van der Waals surface area contributed by atoms with E-state index >= 15 is 0 Å². The zero-order valence-electron chi connectivity index (χ0n) is 10.5. The van der Waals surface area contributed by atoms with Crippen LogP contribution in [0.25, 0.3) is 0 Å². The highest BCUT2D eigenvalue weighted by Gasteiger charge is 2.42. The van der Waals surface area contributed by atoms with Gasteiger partial charge in [-0.3, -0.25) is 9.69 Å². The first-order valence-corrected chi connectivity index (χ1v) is 6.11. The highest BCUT2D eigenvalue weighted by molar-refractivity contribution is 4.98. The normalized spacial score (nSPS) is 19.3. The maximum atomic E-state index is 11.5. The number of β-amino-alcohol motifs (C(OH)–C–C–N with tert-alkyl or cyclic N) is 1. The van der Waals surface area contributed by atoms with Crippen LogP contribution in [0, 0.1) is 5.92 Å². The van der Waals surface area contributed by atoms with Crippen LogP contribution in [0.1, 0.15) is 13.8 Å². The van der Waals surface area contributed by atoms with Crippen LogP contribution in [-0.4, -0.2) is 39.8 Å². The Kier molecular flexibility index (Phi) is 3.35. The van der Waals surface area contributed by atoms with Gasteiger partial charge >= 0.3 is 0 Å². The van der Waals surface area contributed by atoms with E-state index in [1.165, 1.54) is 0 Å². The first kappa shape index (κ1) is 12.3. The van der Waals surface area contributed by atoms with Crippen LogP contribution in [0.2, 0.25) is 0 Å². The summed E-state index contributed by atoms with van der Waals surface area (Å²) < 4.78 is 1.70. The van der Waals surface area contributed by atoms with Crippen molar-refractivity contribution in [2.75, 3.05) is 19.6 Å². The van der Waals surface area contributed by atoms with Gasteiger partial charge in [0.25, 0.3) is 5.56 Å². The van der Waals surface area contributed by atoms with Crippen LogP contribution >= 0.6 is 0 Å². The lowest BCUT2D eigenvalue weighted by Gasteiger charge is -2.49. The standard InChI is InChI=1S/C13H20N2O2/c1-11(2)13(17)9-14(10-13)7-8-15-6-4-3-5-12(15)16/h3-6,11,17H,7-10H2,1-2H3. The van der Waals surface area contributed by atoms with Gasteiger partial charge in [0.05, 0.1) is 5.60 Å². The van der Waals surface area contributed by atoms with Crippen LogP contribution in [0.3, 0.4) is 0 Å². The molecule has 0 aromatic carbocycles. The van der Waals surface area contributed by atoms with Gasteiger partial charge in [0.2, 0.25) is 0 Å². The Hall–Kier alpha value is -1.13. The van der Waals surface area contributed by atoms with Crippen molar-refractivity contribution >= 4 is 0 Å². The van der Waals surface area contributed by atoms with Crippen molar-refractivity contribution in [3.63, 3.8) is 0 Å². The third-order valence-corrected chi connectivity index (χ3v) is 3.63. The Labute approximate surface area is 101 Å². The van der Waals surface area contributed by atoms with Crippen molar-refractivity contribution in [2.45, 2.75) is 26.0 Å². The maximum Gasteiger partial charge on any atom is 0.250 e. The first-order chi connectivity index (χ1) is 8.01. The largest absolute Gasteiger partial charge is 0.387 e. The summed E-state index contributed by atoms with van der Waals surface area (Å²) in [6.45, 7) is 7.02. The summed E-state index contributed by atoms with van der Waals surface area (Å²) in [7, 11) is 0. The summed E-state index contributed by atoms with van der Waals surface area (Å²) in [5.41, 5.74) is -0.492. The zero-order chi connectivity index (χ0) is 12.5. The molecule has 0 radical (unpaired) electrons. The van der Waals surface area contributed by atoms with Crippen molar-refractivity contribution in [3.8, 4) is 0 Å². The fourth-order valence-corrected chi connectivity index (χ4v) is 2.15. The van der Waals surface area contributed by atoms with E-state index in [1.807, 2.05) is 19.9 Å². The number of likely N-dealkylation sites (tertiary alicyclic amines) is 1. The van der Waals surface area contributed by atoms with E-state index in [1.54, 1.807) is 22.9 Å². The lowest BCUT2D eigenvalue weighted by Crippen LogP contribution is -2.64. The molecule has 0 spiro atoms. The van der Waals surface area contributed by atoms with Crippen LogP contribution in [0.5, 0.6) is 0 Å². The Bertz CT molecular complexity index is 433. The Morgan fingerprint density at radius 1 is 1.35 bits per heavy atom. The van der Waals surface area contributed by atoms with E-state index < -0.39 is 5.60 Å². The molecule has 0 bridgehead atoms. The minimum Gasteiger partial charge on any atom is -0.387 e. The van der Waals surface area contributed by atoms with Gasteiger partial charge in [-0.15, -0.1) is 0 Å². The molecule has 1 N–H and O–H groups in total. The fourth-order valence-electron chi connectivity index (χ4n) is 2.15. The molecule has 1 saturated heterocycles. The van der Waals surface area contributed by atoms with Crippen molar-refractivity contribution in [2.24, 2.45) is 5.92 Å². The third kappa shape index (κ3) is 2.58. The van der Waals surface area contributed by atoms with Crippen molar-refractivity contribution in [1.82, 2.24) is 9.47 Å². The van der Waals surface area contributed by atoms with Gasteiger partial charge in [0.1, 0.15) is 0 Å². The molecule has 17 heavy (non-hydrogen) atoms. The van der Waals surface area contributed by atoms with E-state index in [2.05, 4.69) is 4.90 Å². The molecule has 2 heterocycles. The number of aromatic nitrogens is 1. The van der Waals surface area contributed by atoms with E-state index in [4.69, 9.17) is 0 Å². The fraction of sp³-hybridized carbons (Fsp3) is 0.615. The quantitative estimate of drug-likeness (QED) is 0.830. The molecule has 2 rings (SSSR count). The maximum absolute atomic E-state index is 11.5. The molecular formula is C13H20N2O2. The number of nitrogens with zero attached hydrogens (tertiary/aromatic N) is 2. The van der Waals surface area contributed by atoms with E-state index in [0.717, 1.165) is 6.54 Å². The molecule has 0 saturated carbocycles. The first-order valence-electron chi connectivity index (χ1n) is 6.11. The number of rotatable bonds is 4. The molecule has 1 aromatic heterocycles. The highest BCUT2D eigenvalue weighted by atomic mass is 16.3. The number of pyridine rings is 1. The summed E-state index contributed by atoms with van der Waals surface area (Å²) in [4.78, 5) is 13.6. The van der Waals surface area contributed by atoms with Crippen LogP contribution in [0.4, 0.5) is 0 Å². The van der Waals surface area contributed by atoms with E-state index in [-0.39, 0.29) is 11.5 Å². The summed E-state index contributed by atoms with van der Waals surface area (Å²) in [6, 6.07) is 5.18. The molecule has 1 aliphatic heterocycles. The minimum atomic E-state index is -0.526. The Morgan fingerprint density at radius 2 is 2.06 bits per heavy atom. The molecule has 1 fully saturated rings. The van der Waals surface area contributed by atoms with Gasteiger partial charge in [0, 0.05) is 38.4 Å². The molecule has 94 valence electrons.